The van der Waals surface area contributed by atoms with E-state index in [1.54, 1.807) is 26.3 Å². The second-order valence-electron chi connectivity index (χ2n) is 4.98. The number of methoxy groups -OCH3 is 1. The van der Waals surface area contributed by atoms with Gasteiger partial charge >= 0.3 is 0 Å². The Morgan fingerprint density at radius 2 is 2.00 bits per heavy atom. The zero-order valence-corrected chi connectivity index (χ0v) is 13.4. The molecule has 118 valence electrons. The Labute approximate surface area is 127 Å². The number of nitrogens with one attached hydrogen (secondary N) is 2. The predicted molar refractivity (Wildman–Crippen MR) is 86.9 cm³/mol. The van der Waals surface area contributed by atoms with Crippen LogP contribution in [0.15, 0.2) is 23.2 Å². The largest absolute Gasteiger partial charge is 0.508 e. The van der Waals surface area contributed by atoms with Crippen LogP contribution < -0.4 is 15.4 Å². The van der Waals surface area contributed by atoms with Gasteiger partial charge in [-0.1, -0.05) is 26.7 Å². The van der Waals surface area contributed by atoms with E-state index in [0.29, 0.717) is 12.5 Å². The van der Waals surface area contributed by atoms with Crippen LogP contribution in [0.25, 0.3) is 0 Å². The highest BCUT2D eigenvalue weighted by atomic mass is 16.5. The van der Waals surface area contributed by atoms with Crippen LogP contribution in [0.5, 0.6) is 11.5 Å². The van der Waals surface area contributed by atoms with Gasteiger partial charge in [-0.3, -0.25) is 4.99 Å². The molecule has 0 atom stereocenters. The molecule has 0 bridgehead atoms. The van der Waals surface area contributed by atoms with Crippen molar-refractivity contribution >= 4 is 5.96 Å². The van der Waals surface area contributed by atoms with Crippen molar-refractivity contribution in [2.45, 2.75) is 33.2 Å². The van der Waals surface area contributed by atoms with Gasteiger partial charge in [-0.2, -0.15) is 0 Å². The monoisotopic (exact) mass is 293 g/mol. The molecular weight excluding hydrogens is 266 g/mol. The van der Waals surface area contributed by atoms with Gasteiger partial charge in [-0.15, -0.1) is 0 Å². The van der Waals surface area contributed by atoms with E-state index in [4.69, 9.17) is 4.74 Å². The molecule has 0 heterocycles. The van der Waals surface area contributed by atoms with Gasteiger partial charge in [0.05, 0.1) is 7.11 Å². The second kappa shape index (κ2) is 9.10. The fourth-order valence-electron chi connectivity index (χ4n) is 2.05. The summed E-state index contributed by atoms with van der Waals surface area (Å²) in [6, 6.07) is 5.19. The molecule has 21 heavy (non-hydrogen) atoms. The highest BCUT2D eigenvalue weighted by Gasteiger charge is 2.07. The molecule has 5 nitrogen and oxygen atoms in total. The highest BCUT2D eigenvalue weighted by molar-refractivity contribution is 5.79. The molecule has 0 aromatic heterocycles. The van der Waals surface area contributed by atoms with Crippen molar-refractivity contribution in [2.24, 2.45) is 10.9 Å². The van der Waals surface area contributed by atoms with Gasteiger partial charge in [0.25, 0.3) is 0 Å². The average Bonchev–Trinajstić information content (AvgIpc) is 2.52. The Balaban J connectivity index is 2.55. The number of ether oxygens (including phenoxy) is 1. The first-order valence-corrected chi connectivity index (χ1v) is 7.44. The van der Waals surface area contributed by atoms with Crippen molar-refractivity contribution in [2.75, 3.05) is 20.7 Å². The van der Waals surface area contributed by atoms with Gasteiger partial charge in [0, 0.05) is 25.7 Å². The van der Waals surface area contributed by atoms with E-state index in [1.807, 2.05) is 6.07 Å². The van der Waals surface area contributed by atoms with Crippen molar-refractivity contribution in [1.29, 1.82) is 0 Å². The van der Waals surface area contributed by atoms with Crippen molar-refractivity contribution in [3.8, 4) is 11.5 Å². The fourth-order valence-corrected chi connectivity index (χ4v) is 2.05. The third-order valence-electron chi connectivity index (χ3n) is 3.67. The first-order chi connectivity index (χ1) is 10.1. The van der Waals surface area contributed by atoms with Crippen LogP contribution in [0.1, 0.15) is 32.3 Å². The summed E-state index contributed by atoms with van der Waals surface area (Å²) in [6.45, 7) is 5.78. The molecule has 0 saturated heterocycles. The van der Waals surface area contributed by atoms with E-state index in [-0.39, 0.29) is 5.75 Å². The topological polar surface area (TPSA) is 65.9 Å². The number of aliphatic imine (C=N–C) groups is 1. The van der Waals surface area contributed by atoms with E-state index in [9.17, 15) is 5.11 Å². The third kappa shape index (κ3) is 5.53. The Hall–Kier alpha value is -1.91. The first-order valence-electron chi connectivity index (χ1n) is 7.44. The average molecular weight is 293 g/mol. The van der Waals surface area contributed by atoms with Gasteiger partial charge in [-0.05, 0) is 24.1 Å². The number of phenols is 1. The summed E-state index contributed by atoms with van der Waals surface area (Å²) in [5.41, 5.74) is 0.778. The van der Waals surface area contributed by atoms with E-state index < -0.39 is 0 Å². The van der Waals surface area contributed by atoms with Crippen molar-refractivity contribution in [3.63, 3.8) is 0 Å². The SMILES string of the molecule is CCC(CC)CNC(=NC)NCc1cc(OC)ccc1O. The molecule has 0 radical (unpaired) electrons. The summed E-state index contributed by atoms with van der Waals surface area (Å²) in [5.74, 6) is 2.36. The minimum Gasteiger partial charge on any atom is -0.508 e. The van der Waals surface area contributed by atoms with Crippen molar-refractivity contribution < 1.29 is 9.84 Å². The first kappa shape index (κ1) is 17.1. The van der Waals surface area contributed by atoms with Crippen LogP contribution in [-0.2, 0) is 6.54 Å². The molecule has 0 saturated carbocycles. The summed E-state index contributed by atoms with van der Waals surface area (Å²) in [4.78, 5) is 4.20. The second-order valence-corrected chi connectivity index (χ2v) is 4.98. The summed E-state index contributed by atoms with van der Waals surface area (Å²) in [5, 5.41) is 16.4. The van der Waals surface area contributed by atoms with Crippen LogP contribution >= 0.6 is 0 Å². The molecular formula is C16H27N3O2. The van der Waals surface area contributed by atoms with Crippen molar-refractivity contribution in [1.82, 2.24) is 10.6 Å². The smallest absolute Gasteiger partial charge is 0.191 e. The zero-order valence-electron chi connectivity index (χ0n) is 13.4. The molecule has 3 N–H and O–H groups in total. The van der Waals surface area contributed by atoms with Gasteiger partial charge in [0.1, 0.15) is 11.5 Å². The molecule has 0 fully saturated rings. The number of phenolic OH excluding ortho intramolecular Hbond substituents is 1. The van der Waals surface area contributed by atoms with Crippen LogP contribution in [0, 0.1) is 5.92 Å². The summed E-state index contributed by atoms with van der Waals surface area (Å²) in [6.07, 6.45) is 2.30. The molecule has 0 amide bonds. The summed E-state index contributed by atoms with van der Waals surface area (Å²) in [7, 11) is 3.35. The lowest BCUT2D eigenvalue weighted by Crippen LogP contribution is -2.39. The Morgan fingerprint density at radius 3 is 2.57 bits per heavy atom. The predicted octanol–water partition coefficient (Wildman–Crippen LogP) is 2.50. The number of aromatic hydroxyl groups is 1. The van der Waals surface area contributed by atoms with E-state index >= 15 is 0 Å². The van der Waals surface area contributed by atoms with Gasteiger partial charge in [0.2, 0.25) is 0 Å². The number of hydrogen-bond acceptors (Lipinski definition) is 3. The van der Waals surface area contributed by atoms with Crippen LogP contribution in [0.2, 0.25) is 0 Å². The van der Waals surface area contributed by atoms with E-state index in [2.05, 4.69) is 29.5 Å². The normalized spacial score (nSPS) is 11.6. The standard InChI is InChI=1S/C16H27N3O2/c1-5-12(6-2)10-18-16(17-3)19-11-13-9-14(21-4)7-8-15(13)20/h7-9,12,20H,5-6,10-11H2,1-4H3,(H2,17,18,19). The zero-order chi connectivity index (χ0) is 15.7. The maximum Gasteiger partial charge on any atom is 0.191 e. The molecule has 0 unspecified atom stereocenters. The molecule has 1 aromatic carbocycles. The molecule has 0 aliphatic heterocycles. The van der Waals surface area contributed by atoms with Crippen LogP contribution in [0.4, 0.5) is 0 Å². The van der Waals surface area contributed by atoms with E-state index in [0.717, 1.165) is 36.7 Å². The van der Waals surface area contributed by atoms with Gasteiger partial charge < -0.3 is 20.5 Å². The van der Waals surface area contributed by atoms with Crippen LogP contribution in [-0.4, -0.2) is 31.8 Å². The van der Waals surface area contributed by atoms with Gasteiger partial charge in [0.15, 0.2) is 5.96 Å². The van der Waals surface area contributed by atoms with Crippen molar-refractivity contribution in [3.05, 3.63) is 23.8 Å². The minimum absolute atomic E-state index is 0.249. The Bertz CT molecular complexity index is 457. The third-order valence-corrected chi connectivity index (χ3v) is 3.67. The number of hydrogen-bond donors (Lipinski definition) is 3. The Morgan fingerprint density at radius 1 is 1.29 bits per heavy atom. The maximum absolute atomic E-state index is 9.85. The van der Waals surface area contributed by atoms with Gasteiger partial charge in [-0.25, -0.2) is 0 Å². The molecule has 1 aromatic rings. The molecule has 5 heteroatoms. The lowest BCUT2D eigenvalue weighted by atomic mass is 10.0. The number of benzene rings is 1. The number of guanidine groups is 1. The number of nitrogens with zero attached hydrogens (tertiary/aromatic N) is 1. The summed E-state index contributed by atoms with van der Waals surface area (Å²) >= 11 is 0. The number of rotatable bonds is 7. The molecule has 1 rings (SSSR count). The summed E-state index contributed by atoms with van der Waals surface area (Å²) < 4.78 is 5.17. The lowest BCUT2D eigenvalue weighted by molar-refractivity contribution is 0.410. The van der Waals surface area contributed by atoms with Crippen LogP contribution in [0.3, 0.4) is 0 Å². The molecule has 0 aliphatic carbocycles. The van der Waals surface area contributed by atoms with E-state index in [1.165, 1.54) is 0 Å². The maximum atomic E-state index is 9.85. The quantitative estimate of drug-likeness (QED) is 0.534. The highest BCUT2D eigenvalue weighted by Crippen LogP contribution is 2.22. The lowest BCUT2D eigenvalue weighted by Gasteiger charge is -2.17. The molecule has 0 spiro atoms. The molecule has 0 aliphatic rings. The Kier molecular flexibility index (Phi) is 7.43. The minimum atomic E-state index is 0.249. The fraction of sp³-hybridized carbons (Fsp3) is 0.562.